The quantitative estimate of drug-likeness (QED) is 0.235. The number of hydrogen-bond donors (Lipinski definition) is 0. The van der Waals surface area contributed by atoms with Crippen LogP contribution in [0.1, 0.15) is 0 Å². The zero-order valence-corrected chi connectivity index (χ0v) is 23.1. The molecule has 0 atom stereocenters. The second-order valence-electron chi connectivity index (χ2n) is 6.89. The molecule has 0 aromatic rings. The van der Waals surface area contributed by atoms with Gasteiger partial charge in [0.2, 0.25) is 0 Å². The summed E-state index contributed by atoms with van der Waals surface area (Å²) >= 11 is 0. The van der Waals surface area contributed by atoms with E-state index in [1.807, 2.05) is 0 Å². The molecule has 0 unspecified atom stereocenters. The van der Waals surface area contributed by atoms with E-state index in [9.17, 15) is 113 Å². The van der Waals surface area contributed by atoms with Crippen molar-refractivity contribution in [1.82, 2.24) is 0 Å². The van der Waals surface area contributed by atoms with Gasteiger partial charge < -0.3 is 8.25 Å². The summed E-state index contributed by atoms with van der Waals surface area (Å²) in [7, 11) is -25.1. The zero-order valence-electron chi connectivity index (χ0n) is 18.9. The molecular weight excluding hydrogens is 810 g/mol. The molecule has 0 aliphatic carbocycles. The van der Waals surface area contributed by atoms with Crippen LogP contribution in [0.4, 0.5) is 79.0 Å². The third-order valence-electron chi connectivity index (χ3n) is 3.35. The summed E-state index contributed by atoms with van der Waals surface area (Å²) < 4.78 is 308. The van der Waals surface area contributed by atoms with Gasteiger partial charge in [0.1, 0.15) is 0 Å². The van der Waals surface area contributed by atoms with E-state index in [2.05, 4.69) is 0 Å². The second kappa shape index (κ2) is 12.3. The standard InChI is InChI=1S/2C5H3F9NO4S2.Cu/c2*1-20(16,17)15-21(18,19)5(13,14)3(8,9)2(6,7)4(10,11)12;/h2*1H3;/q2*-1;+2. The first-order valence-electron chi connectivity index (χ1n) is 8.19. The first kappa shape index (κ1) is 46.4. The number of sulfonamides is 4. The van der Waals surface area contributed by atoms with Gasteiger partial charge in [-0.1, -0.05) is 0 Å². The van der Waals surface area contributed by atoms with Gasteiger partial charge in [0.15, 0.2) is 20.0 Å². The van der Waals surface area contributed by atoms with Gasteiger partial charge in [0, 0.05) is 12.5 Å². The molecule has 0 fully saturated rings. The molecule has 0 rings (SSSR count). The van der Waals surface area contributed by atoms with Crippen LogP contribution >= 0.6 is 0 Å². The SMILES string of the molecule is CS(=O)(=O)[N-]S(=O)(=O)C(F)(F)C(F)(F)C(F)(F)C(F)(F)F.CS(=O)(=O)[N-]S(=O)(=O)C(F)(F)C(F)(F)C(F)(F)C(F)(F)F.[Cu+2]. The van der Waals surface area contributed by atoms with Gasteiger partial charge in [-0.15, -0.1) is 0 Å². The Morgan fingerprint density at radius 2 is 0.535 bits per heavy atom. The molecule has 0 aliphatic rings. The Balaban J connectivity index is -0.000000727. The van der Waals surface area contributed by atoms with Crippen molar-refractivity contribution in [2.75, 3.05) is 12.5 Å². The topological polar surface area (TPSA) is 165 Å². The maximum Gasteiger partial charge on any atom is 2.00 e. The van der Waals surface area contributed by atoms with Gasteiger partial charge in [-0.3, -0.25) is 0 Å². The minimum absolute atomic E-state index is 0. The molecule has 43 heavy (non-hydrogen) atoms. The smallest absolute Gasteiger partial charge is 0.431 e. The van der Waals surface area contributed by atoms with Crippen molar-refractivity contribution in [3.05, 3.63) is 8.25 Å². The average Bonchev–Trinajstić information content (AvgIpc) is 2.61. The minimum Gasteiger partial charge on any atom is -0.431 e. The first-order chi connectivity index (χ1) is 17.4. The fraction of sp³-hybridized carbons (Fsp3) is 1.00. The summed E-state index contributed by atoms with van der Waals surface area (Å²) in [4.78, 5) is 0. The molecule has 33 heteroatoms. The van der Waals surface area contributed by atoms with Crippen molar-refractivity contribution in [1.29, 1.82) is 0 Å². The fourth-order valence-corrected chi connectivity index (χ4v) is 6.00. The summed E-state index contributed by atoms with van der Waals surface area (Å²) in [5.74, 6) is -30.0. The monoisotopic (exact) mass is 815 g/mol. The number of alkyl halides is 18. The summed E-state index contributed by atoms with van der Waals surface area (Å²) in [6.07, 6.45) is -14.9. The Morgan fingerprint density at radius 1 is 0.372 bits per heavy atom. The van der Waals surface area contributed by atoms with Crippen LogP contribution in [-0.2, 0) is 57.2 Å². The van der Waals surface area contributed by atoms with Gasteiger partial charge in [-0.25, -0.2) is 33.7 Å². The Labute approximate surface area is 237 Å². The van der Waals surface area contributed by atoms with Gasteiger partial charge in [-0.05, 0) is 0 Å². The van der Waals surface area contributed by atoms with Crippen molar-refractivity contribution in [2.45, 2.75) is 46.6 Å². The Bertz CT molecular complexity index is 1330. The van der Waals surface area contributed by atoms with Crippen molar-refractivity contribution < 1.29 is 130 Å². The molecule has 0 aromatic carbocycles. The molecule has 0 saturated carbocycles. The Kier molecular flexibility index (Phi) is 13.3. The van der Waals surface area contributed by atoms with E-state index < -0.39 is 86.6 Å². The maximum atomic E-state index is 12.9. The molecule has 10 nitrogen and oxygen atoms in total. The van der Waals surface area contributed by atoms with E-state index in [0.717, 1.165) is 0 Å². The van der Waals surface area contributed by atoms with Crippen molar-refractivity contribution in [3.8, 4) is 0 Å². The molecule has 0 aliphatic heterocycles. The van der Waals surface area contributed by atoms with E-state index in [4.69, 9.17) is 0 Å². The van der Waals surface area contributed by atoms with Gasteiger partial charge >= 0.3 is 63.6 Å². The average molecular weight is 816 g/mol. The van der Waals surface area contributed by atoms with Crippen LogP contribution < -0.4 is 0 Å². The number of hydrogen-bond acceptors (Lipinski definition) is 8. The predicted molar refractivity (Wildman–Crippen MR) is 96.0 cm³/mol. The first-order valence-corrected chi connectivity index (χ1v) is 14.8. The number of halogens is 18. The Morgan fingerprint density at radius 3 is 0.651 bits per heavy atom. The molecule has 0 heterocycles. The molecule has 0 spiro atoms. The van der Waals surface area contributed by atoms with Gasteiger partial charge in [0.25, 0.3) is 0 Å². The minimum atomic E-state index is -7.51. The molecule has 0 bridgehead atoms. The Hall–Kier alpha value is -1.02. The molecule has 0 saturated heterocycles. The van der Waals surface area contributed by atoms with Crippen LogP contribution in [0.3, 0.4) is 0 Å². The van der Waals surface area contributed by atoms with Crippen LogP contribution in [0.2, 0.25) is 0 Å². The molecule has 0 amide bonds. The number of nitrogens with zero attached hydrogens (tertiary/aromatic N) is 2. The third kappa shape index (κ3) is 9.04. The molecular formula is C10H6CuF18N2O8S4. The van der Waals surface area contributed by atoms with Gasteiger partial charge in [-0.2, -0.15) is 79.0 Å². The van der Waals surface area contributed by atoms with Crippen molar-refractivity contribution in [3.63, 3.8) is 0 Å². The molecule has 1 radical (unpaired) electrons. The summed E-state index contributed by atoms with van der Waals surface area (Å²) in [6, 6.07) is 0. The van der Waals surface area contributed by atoms with E-state index >= 15 is 0 Å². The molecule has 0 N–H and O–H groups in total. The van der Waals surface area contributed by atoms with Crippen molar-refractivity contribution in [2.24, 2.45) is 0 Å². The number of rotatable bonds is 10. The van der Waals surface area contributed by atoms with E-state index in [0.29, 0.717) is 0 Å². The summed E-state index contributed by atoms with van der Waals surface area (Å²) in [6.45, 7) is 0. The fourth-order valence-electron chi connectivity index (χ4n) is 1.50. The summed E-state index contributed by atoms with van der Waals surface area (Å²) in [5.41, 5.74) is 0. The zero-order chi connectivity index (χ0) is 35.4. The van der Waals surface area contributed by atoms with Crippen LogP contribution in [-0.4, -0.2) is 92.7 Å². The van der Waals surface area contributed by atoms with Crippen LogP contribution in [0, 0.1) is 0 Å². The molecule has 0 aromatic heterocycles. The third-order valence-corrected chi connectivity index (χ3v) is 8.89. The van der Waals surface area contributed by atoms with E-state index in [1.54, 1.807) is 0 Å². The predicted octanol–water partition coefficient (Wildman–Crippen LogP) is 4.15. The van der Waals surface area contributed by atoms with Crippen LogP contribution in [0.15, 0.2) is 0 Å². The largest absolute Gasteiger partial charge is 2.00 e. The van der Waals surface area contributed by atoms with E-state index in [-0.39, 0.29) is 29.6 Å². The van der Waals surface area contributed by atoms with Crippen LogP contribution in [0.25, 0.3) is 8.25 Å². The van der Waals surface area contributed by atoms with Crippen molar-refractivity contribution >= 4 is 40.1 Å². The summed E-state index contributed by atoms with van der Waals surface area (Å²) in [5, 5.41) is -14.3. The maximum absolute atomic E-state index is 12.9. The normalized spacial score (nSPS) is 15.7. The van der Waals surface area contributed by atoms with Crippen LogP contribution in [0.5, 0.6) is 0 Å². The second-order valence-corrected chi connectivity index (χ2v) is 13.9. The van der Waals surface area contributed by atoms with E-state index in [1.165, 1.54) is 8.25 Å². The molecule has 265 valence electrons. The van der Waals surface area contributed by atoms with Gasteiger partial charge in [0.05, 0.1) is 20.0 Å².